The maximum Gasteiger partial charge on any atom is 0.0164 e. The van der Waals surface area contributed by atoms with Crippen LogP contribution in [0.3, 0.4) is 0 Å². The lowest BCUT2D eigenvalue weighted by Gasteiger charge is -2.19. The normalized spacial score (nSPS) is 26.1. The fourth-order valence-corrected chi connectivity index (χ4v) is 1.50. The predicted octanol–water partition coefficient (Wildman–Crippen LogP) is 2.36. The zero-order valence-electron chi connectivity index (χ0n) is 7.42. The van der Waals surface area contributed by atoms with E-state index in [1.807, 2.05) is 0 Å². The second kappa shape index (κ2) is 5.36. The maximum atomic E-state index is 4.40. The van der Waals surface area contributed by atoms with Crippen LogP contribution in [-0.4, -0.2) is 13.1 Å². The molecule has 0 aromatic carbocycles. The van der Waals surface area contributed by atoms with E-state index in [1.54, 1.807) is 0 Å². The quantitative estimate of drug-likeness (QED) is 0.551. The summed E-state index contributed by atoms with van der Waals surface area (Å²) in [5.41, 5.74) is 0. The fraction of sp³-hybridized carbons (Fsp3) is 0.800. The van der Waals surface area contributed by atoms with Crippen molar-refractivity contribution in [2.24, 2.45) is 5.92 Å². The van der Waals surface area contributed by atoms with E-state index in [-0.39, 0.29) is 0 Å². The highest BCUT2D eigenvalue weighted by Gasteiger charge is 2.11. The van der Waals surface area contributed by atoms with Crippen molar-refractivity contribution < 1.29 is 0 Å². The van der Waals surface area contributed by atoms with Gasteiger partial charge in [-0.1, -0.05) is 19.1 Å². The van der Waals surface area contributed by atoms with Crippen molar-refractivity contribution in [1.29, 1.82) is 0 Å². The second-order valence-corrected chi connectivity index (χ2v) is 3.25. The Bertz CT molecular complexity index is 112. The van der Waals surface area contributed by atoms with Crippen molar-refractivity contribution >= 4 is 0 Å². The van der Waals surface area contributed by atoms with E-state index in [9.17, 15) is 0 Å². The van der Waals surface area contributed by atoms with Gasteiger partial charge in [0.1, 0.15) is 0 Å². The van der Waals surface area contributed by atoms with Crippen LogP contribution in [0.2, 0.25) is 0 Å². The molecule has 0 bridgehead atoms. The smallest absolute Gasteiger partial charge is 0.0164 e. The molecule has 63 valence electrons. The molecule has 0 spiro atoms. The standard InChI is InChI=1S/C10H18N/c1-2-3-4-6-10-7-5-8-11-9-10/h3-4,10H,2,5-9H2,1H3. The lowest BCUT2D eigenvalue weighted by Crippen LogP contribution is -2.23. The highest BCUT2D eigenvalue weighted by Crippen LogP contribution is 2.14. The van der Waals surface area contributed by atoms with E-state index < -0.39 is 0 Å². The molecule has 1 aliphatic rings. The molecule has 0 aromatic heterocycles. The van der Waals surface area contributed by atoms with Crippen molar-refractivity contribution in [3.63, 3.8) is 0 Å². The van der Waals surface area contributed by atoms with Gasteiger partial charge in [-0.05, 0) is 31.6 Å². The van der Waals surface area contributed by atoms with Crippen LogP contribution in [0, 0.1) is 5.92 Å². The Balaban J connectivity index is 2.09. The van der Waals surface area contributed by atoms with Crippen LogP contribution >= 0.6 is 0 Å². The summed E-state index contributed by atoms with van der Waals surface area (Å²) in [6.45, 7) is 4.39. The Labute approximate surface area is 69.9 Å². The molecule has 0 aliphatic carbocycles. The van der Waals surface area contributed by atoms with E-state index in [0.717, 1.165) is 19.0 Å². The van der Waals surface area contributed by atoms with Crippen LogP contribution in [0.25, 0.3) is 0 Å². The first-order chi connectivity index (χ1) is 5.43. The minimum Gasteiger partial charge on any atom is -0.241 e. The summed E-state index contributed by atoms with van der Waals surface area (Å²) in [4.78, 5) is 0. The van der Waals surface area contributed by atoms with Crippen LogP contribution in [0.15, 0.2) is 12.2 Å². The number of hydrogen-bond acceptors (Lipinski definition) is 0. The first-order valence-electron chi connectivity index (χ1n) is 4.71. The summed E-state index contributed by atoms with van der Waals surface area (Å²) in [5.74, 6) is 0.853. The zero-order chi connectivity index (χ0) is 7.94. The van der Waals surface area contributed by atoms with Gasteiger partial charge in [0.05, 0.1) is 0 Å². The van der Waals surface area contributed by atoms with E-state index in [4.69, 9.17) is 0 Å². The van der Waals surface area contributed by atoms with Gasteiger partial charge >= 0.3 is 0 Å². The molecule has 1 saturated heterocycles. The maximum absolute atomic E-state index is 4.40. The van der Waals surface area contributed by atoms with E-state index in [2.05, 4.69) is 24.4 Å². The largest absolute Gasteiger partial charge is 0.241 e. The number of nitrogens with zero attached hydrogens (tertiary/aromatic N) is 1. The summed E-state index contributed by atoms with van der Waals surface area (Å²) in [6.07, 6.45) is 9.68. The topological polar surface area (TPSA) is 14.1 Å². The van der Waals surface area contributed by atoms with E-state index in [0.29, 0.717) is 0 Å². The third-order valence-corrected chi connectivity index (χ3v) is 2.19. The molecular weight excluding hydrogens is 134 g/mol. The van der Waals surface area contributed by atoms with Gasteiger partial charge in [0.15, 0.2) is 0 Å². The van der Waals surface area contributed by atoms with Crippen LogP contribution < -0.4 is 5.32 Å². The number of rotatable bonds is 3. The third-order valence-electron chi connectivity index (χ3n) is 2.19. The van der Waals surface area contributed by atoms with Crippen molar-refractivity contribution in [2.45, 2.75) is 32.6 Å². The molecule has 1 aliphatic heterocycles. The Morgan fingerprint density at radius 2 is 2.36 bits per heavy atom. The molecule has 0 saturated carbocycles. The molecule has 1 heteroatoms. The minimum absolute atomic E-state index is 0.853. The van der Waals surface area contributed by atoms with Crippen LogP contribution in [0.4, 0.5) is 0 Å². The molecule has 11 heavy (non-hydrogen) atoms. The SMILES string of the molecule is CCC=CCC1CCC[N]C1. The van der Waals surface area contributed by atoms with Gasteiger partial charge in [-0.2, -0.15) is 0 Å². The van der Waals surface area contributed by atoms with Gasteiger partial charge < -0.3 is 0 Å². The van der Waals surface area contributed by atoms with Gasteiger partial charge in [-0.3, -0.25) is 0 Å². The predicted molar refractivity (Wildman–Crippen MR) is 48.6 cm³/mol. The number of piperidine rings is 1. The summed E-state index contributed by atoms with van der Waals surface area (Å²) < 4.78 is 0. The average Bonchev–Trinajstić information content (AvgIpc) is 2.07. The van der Waals surface area contributed by atoms with Gasteiger partial charge in [-0.15, -0.1) is 0 Å². The molecule has 1 radical (unpaired) electrons. The summed E-state index contributed by atoms with van der Waals surface area (Å²) in [7, 11) is 0. The lowest BCUT2D eigenvalue weighted by molar-refractivity contribution is 0.375. The molecule has 0 aromatic rings. The number of allylic oxidation sites excluding steroid dienone is 2. The molecule has 1 atom stereocenters. The van der Waals surface area contributed by atoms with Crippen molar-refractivity contribution in [3.8, 4) is 0 Å². The third kappa shape index (κ3) is 3.57. The van der Waals surface area contributed by atoms with Crippen molar-refractivity contribution in [1.82, 2.24) is 5.32 Å². The Hall–Kier alpha value is -0.300. The summed E-state index contributed by atoms with van der Waals surface area (Å²) in [6, 6.07) is 0. The minimum atomic E-state index is 0.853. The van der Waals surface area contributed by atoms with Crippen LogP contribution in [0.5, 0.6) is 0 Å². The van der Waals surface area contributed by atoms with Gasteiger partial charge in [0.2, 0.25) is 0 Å². The molecule has 1 nitrogen and oxygen atoms in total. The molecule has 1 rings (SSSR count). The van der Waals surface area contributed by atoms with E-state index >= 15 is 0 Å². The molecule has 1 heterocycles. The van der Waals surface area contributed by atoms with Gasteiger partial charge in [0.25, 0.3) is 0 Å². The van der Waals surface area contributed by atoms with Crippen LogP contribution in [-0.2, 0) is 0 Å². The zero-order valence-corrected chi connectivity index (χ0v) is 7.42. The second-order valence-electron chi connectivity index (χ2n) is 3.25. The molecule has 1 unspecified atom stereocenters. The van der Waals surface area contributed by atoms with E-state index in [1.165, 1.54) is 25.7 Å². The Morgan fingerprint density at radius 1 is 1.45 bits per heavy atom. The monoisotopic (exact) mass is 152 g/mol. The number of hydrogen-bond donors (Lipinski definition) is 0. The molecular formula is C10H18N. The van der Waals surface area contributed by atoms with Crippen molar-refractivity contribution in [2.75, 3.05) is 13.1 Å². The fourth-order valence-electron chi connectivity index (χ4n) is 1.50. The van der Waals surface area contributed by atoms with Crippen molar-refractivity contribution in [3.05, 3.63) is 12.2 Å². The molecule has 0 amide bonds. The van der Waals surface area contributed by atoms with Crippen LogP contribution in [0.1, 0.15) is 32.6 Å². The summed E-state index contributed by atoms with van der Waals surface area (Å²) >= 11 is 0. The molecule has 0 N–H and O–H groups in total. The first kappa shape index (κ1) is 8.79. The first-order valence-corrected chi connectivity index (χ1v) is 4.71. The van der Waals surface area contributed by atoms with Gasteiger partial charge in [-0.25, -0.2) is 5.32 Å². The average molecular weight is 152 g/mol. The molecule has 1 fully saturated rings. The highest BCUT2D eigenvalue weighted by atomic mass is 14.9. The van der Waals surface area contributed by atoms with Gasteiger partial charge in [0, 0.05) is 13.1 Å². The summed E-state index contributed by atoms with van der Waals surface area (Å²) in [5, 5.41) is 4.40. The Morgan fingerprint density at radius 3 is 3.00 bits per heavy atom. The highest BCUT2D eigenvalue weighted by molar-refractivity contribution is 4.84. The Kier molecular flexibility index (Phi) is 4.29. The lowest BCUT2D eigenvalue weighted by atomic mass is 9.96.